The molecule has 0 aromatic heterocycles. The zero-order chi connectivity index (χ0) is 15.1. The van der Waals surface area contributed by atoms with Gasteiger partial charge in [-0.15, -0.1) is 0 Å². The molecule has 0 unspecified atom stereocenters. The first-order valence-electron chi connectivity index (χ1n) is 8.24. The predicted molar refractivity (Wildman–Crippen MR) is 88.7 cm³/mol. The summed E-state index contributed by atoms with van der Waals surface area (Å²) in [6, 6.07) is 8.36. The molecule has 1 aliphatic rings. The molecule has 1 aromatic carbocycles. The van der Waals surface area contributed by atoms with Crippen LogP contribution in [-0.2, 0) is 6.54 Å². The number of para-hydroxylation sites is 1. The molecule has 1 N–H and O–H groups in total. The molecule has 0 saturated carbocycles. The summed E-state index contributed by atoms with van der Waals surface area (Å²) in [6.45, 7) is 10.3. The second-order valence-corrected chi connectivity index (χ2v) is 6.58. The summed E-state index contributed by atoms with van der Waals surface area (Å²) in [7, 11) is 1.76. The third-order valence-electron chi connectivity index (χ3n) is 4.28. The fraction of sp³-hybridized carbons (Fsp3) is 0.667. The summed E-state index contributed by atoms with van der Waals surface area (Å²) in [5, 5.41) is 3.60. The Morgan fingerprint density at radius 1 is 1.24 bits per heavy atom. The largest absolute Gasteiger partial charge is 0.496 e. The van der Waals surface area contributed by atoms with Gasteiger partial charge in [0.25, 0.3) is 0 Å². The van der Waals surface area contributed by atoms with Crippen molar-refractivity contribution < 1.29 is 4.74 Å². The van der Waals surface area contributed by atoms with E-state index >= 15 is 0 Å². The van der Waals surface area contributed by atoms with Crippen LogP contribution in [0.4, 0.5) is 0 Å². The zero-order valence-corrected chi connectivity index (χ0v) is 13.8. The lowest BCUT2D eigenvalue weighted by Crippen LogP contribution is -2.37. The van der Waals surface area contributed by atoms with E-state index in [9.17, 15) is 0 Å². The van der Waals surface area contributed by atoms with Crippen molar-refractivity contribution in [3.63, 3.8) is 0 Å². The molecule has 118 valence electrons. The minimum Gasteiger partial charge on any atom is -0.496 e. The molecule has 0 amide bonds. The molecule has 0 spiro atoms. The minimum atomic E-state index is 0.746. The maximum Gasteiger partial charge on any atom is 0.123 e. The molecule has 3 heteroatoms. The number of likely N-dealkylation sites (tertiary alicyclic amines) is 1. The van der Waals surface area contributed by atoms with Gasteiger partial charge in [0, 0.05) is 12.1 Å². The summed E-state index contributed by atoms with van der Waals surface area (Å²) in [4.78, 5) is 2.55. The monoisotopic (exact) mass is 290 g/mol. The van der Waals surface area contributed by atoms with Gasteiger partial charge in [-0.1, -0.05) is 32.0 Å². The normalized spacial score (nSPS) is 17.3. The molecule has 1 aliphatic heterocycles. The van der Waals surface area contributed by atoms with E-state index in [-0.39, 0.29) is 0 Å². The predicted octanol–water partition coefficient (Wildman–Crippen LogP) is 3.15. The van der Waals surface area contributed by atoms with Crippen molar-refractivity contribution in [3.8, 4) is 5.75 Å². The Morgan fingerprint density at radius 3 is 2.62 bits per heavy atom. The van der Waals surface area contributed by atoms with Crippen molar-refractivity contribution in [2.24, 2.45) is 11.8 Å². The Balaban J connectivity index is 1.74. The summed E-state index contributed by atoms with van der Waals surface area (Å²) in [6.07, 6.45) is 2.61. The molecular formula is C18H30N2O. The smallest absolute Gasteiger partial charge is 0.123 e. The van der Waals surface area contributed by atoms with Crippen molar-refractivity contribution in [2.75, 3.05) is 33.3 Å². The Morgan fingerprint density at radius 2 is 1.95 bits per heavy atom. The van der Waals surface area contributed by atoms with Gasteiger partial charge in [0.2, 0.25) is 0 Å². The lowest BCUT2D eigenvalue weighted by molar-refractivity contribution is 0.173. The van der Waals surface area contributed by atoms with Gasteiger partial charge < -0.3 is 10.1 Å². The van der Waals surface area contributed by atoms with Crippen molar-refractivity contribution >= 4 is 0 Å². The quantitative estimate of drug-likeness (QED) is 0.835. The molecule has 21 heavy (non-hydrogen) atoms. The van der Waals surface area contributed by atoms with E-state index in [1.54, 1.807) is 7.11 Å². The number of rotatable bonds is 7. The van der Waals surface area contributed by atoms with E-state index in [1.807, 2.05) is 6.07 Å². The van der Waals surface area contributed by atoms with Crippen molar-refractivity contribution in [1.82, 2.24) is 10.2 Å². The first kappa shape index (κ1) is 16.3. The van der Waals surface area contributed by atoms with Crippen molar-refractivity contribution in [2.45, 2.75) is 33.2 Å². The SMILES string of the molecule is COc1ccccc1CN1CCC(CNCC(C)C)CC1. The number of methoxy groups -OCH3 is 1. The molecule has 0 aliphatic carbocycles. The highest BCUT2D eigenvalue weighted by Gasteiger charge is 2.19. The van der Waals surface area contributed by atoms with E-state index in [0.717, 1.165) is 30.7 Å². The van der Waals surface area contributed by atoms with E-state index in [0.29, 0.717) is 0 Å². The van der Waals surface area contributed by atoms with E-state index < -0.39 is 0 Å². The first-order chi connectivity index (χ1) is 10.2. The molecule has 2 rings (SSSR count). The van der Waals surface area contributed by atoms with Crippen LogP contribution in [0.5, 0.6) is 5.75 Å². The van der Waals surface area contributed by atoms with Gasteiger partial charge in [-0.05, 0) is 56.9 Å². The van der Waals surface area contributed by atoms with E-state index in [2.05, 4.69) is 42.3 Å². The number of benzene rings is 1. The summed E-state index contributed by atoms with van der Waals surface area (Å²) < 4.78 is 5.45. The van der Waals surface area contributed by atoms with Crippen LogP contribution >= 0.6 is 0 Å². The van der Waals surface area contributed by atoms with Gasteiger partial charge >= 0.3 is 0 Å². The number of hydrogen-bond acceptors (Lipinski definition) is 3. The molecular weight excluding hydrogens is 260 g/mol. The molecule has 0 radical (unpaired) electrons. The molecule has 1 fully saturated rings. The van der Waals surface area contributed by atoms with Crippen LogP contribution < -0.4 is 10.1 Å². The Kier molecular flexibility index (Phi) is 6.52. The van der Waals surface area contributed by atoms with Crippen molar-refractivity contribution in [1.29, 1.82) is 0 Å². The fourth-order valence-electron chi connectivity index (χ4n) is 3.00. The van der Waals surface area contributed by atoms with Gasteiger partial charge in [-0.3, -0.25) is 4.90 Å². The number of hydrogen-bond donors (Lipinski definition) is 1. The van der Waals surface area contributed by atoms with E-state index in [1.165, 1.54) is 38.0 Å². The summed E-state index contributed by atoms with van der Waals surface area (Å²) >= 11 is 0. The summed E-state index contributed by atoms with van der Waals surface area (Å²) in [5.41, 5.74) is 1.30. The van der Waals surface area contributed by atoms with Gasteiger partial charge in [0.15, 0.2) is 0 Å². The van der Waals surface area contributed by atoms with Crippen LogP contribution in [0.25, 0.3) is 0 Å². The van der Waals surface area contributed by atoms with Gasteiger partial charge in [-0.25, -0.2) is 0 Å². The van der Waals surface area contributed by atoms with Crippen molar-refractivity contribution in [3.05, 3.63) is 29.8 Å². The standard InChI is InChI=1S/C18H30N2O/c1-15(2)12-19-13-16-8-10-20(11-9-16)14-17-6-4-5-7-18(17)21-3/h4-7,15-16,19H,8-14H2,1-3H3. The van der Waals surface area contributed by atoms with Gasteiger partial charge in [0.05, 0.1) is 7.11 Å². The van der Waals surface area contributed by atoms with Gasteiger partial charge in [-0.2, -0.15) is 0 Å². The maximum atomic E-state index is 5.45. The maximum absolute atomic E-state index is 5.45. The molecule has 1 heterocycles. The highest BCUT2D eigenvalue weighted by molar-refractivity contribution is 5.33. The minimum absolute atomic E-state index is 0.746. The number of ether oxygens (including phenoxy) is 1. The van der Waals surface area contributed by atoms with Crippen LogP contribution in [0.2, 0.25) is 0 Å². The van der Waals surface area contributed by atoms with Crippen LogP contribution in [0.15, 0.2) is 24.3 Å². The Labute approximate surface area is 129 Å². The highest BCUT2D eigenvalue weighted by atomic mass is 16.5. The number of nitrogens with one attached hydrogen (secondary N) is 1. The third-order valence-corrected chi connectivity index (χ3v) is 4.28. The first-order valence-corrected chi connectivity index (χ1v) is 8.24. The fourth-order valence-corrected chi connectivity index (χ4v) is 3.00. The topological polar surface area (TPSA) is 24.5 Å². The lowest BCUT2D eigenvalue weighted by atomic mass is 9.96. The Hall–Kier alpha value is -1.06. The second kappa shape index (κ2) is 8.40. The average Bonchev–Trinajstić information content (AvgIpc) is 2.49. The molecule has 3 nitrogen and oxygen atoms in total. The van der Waals surface area contributed by atoms with Crippen LogP contribution in [-0.4, -0.2) is 38.2 Å². The second-order valence-electron chi connectivity index (χ2n) is 6.58. The molecule has 1 saturated heterocycles. The summed E-state index contributed by atoms with van der Waals surface area (Å²) in [5.74, 6) is 2.60. The highest BCUT2D eigenvalue weighted by Crippen LogP contribution is 2.23. The number of nitrogens with zero attached hydrogens (tertiary/aromatic N) is 1. The molecule has 1 aromatic rings. The lowest BCUT2D eigenvalue weighted by Gasteiger charge is -2.32. The molecule has 0 bridgehead atoms. The van der Waals surface area contributed by atoms with Crippen LogP contribution in [0, 0.1) is 11.8 Å². The van der Waals surface area contributed by atoms with E-state index in [4.69, 9.17) is 4.74 Å². The number of piperidine rings is 1. The Bertz CT molecular complexity index is 411. The third kappa shape index (κ3) is 5.33. The van der Waals surface area contributed by atoms with Crippen LogP contribution in [0.1, 0.15) is 32.3 Å². The molecule has 0 atom stereocenters. The van der Waals surface area contributed by atoms with Gasteiger partial charge in [0.1, 0.15) is 5.75 Å². The van der Waals surface area contributed by atoms with Crippen LogP contribution in [0.3, 0.4) is 0 Å². The average molecular weight is 290 g/mol. The zero-order valence-electron chi connectivity index (χ0n) is 13.8.